The summed E-state index contributed by atoms with van der Waals surface area (Å²) in [5.74, 6) is -1.19. The number of nitro groups is 1. The highest BCUT2D eigenvalue weighted by Gasteiger charge is 2.30. The van der Waals surface area contributed by atoms with Crippen molar-refractivity contribution in [2.75, 3.05) is 5.73 Å². The van der Waals surface area contributed by atoms with Crippen LogP contribution in [0, 0.1) is 10.1 Å². The highest BCUT2D eigenvalue weighted by Crippen LogP contribution is 2.32. The molecule has 0 saturated carbocycles. The average molecular weight is 241 g/mol. The number of primary amides is 1. The van der Waals surface area contributed by atoms with Crippen molar-refractivity contribution >= 4 is 17.3 Å². The summed E-state index contributed by atoms with van der Waals surface area (Å²) in [5, 5.41) is 29.6. The monoisotopic (exact) mass is 241 g/mol. The van der Waals surface area contributed by atoms with Crippen molar-refractivity contribution in [2.24, 2.45) is 5.73 Å². The summed E-state index contributed by atoms with van der Waals surface area (Å²) >= 11 is 0. The number of hydrogen-bond acceptors (Lipinski definition) is 6. The van der Waals surface area contributed by atoms with Crippen LogP contribution in [-0.2, 0) is 4.79 Å². The molecular weight excluding hydrogens is 230 g/mol. The maximum atomic E-state index is 10.8. The van der Waals surface area contributed by atoms with Gasteiger partial charge in [0.05, 0.1) is 10.5 Å². The van der Waals surface area contributed by atoms with Crippen molar-refractivity contribution in [3.05, 3.63) is 33.9 Å². The van der Waals surface area contributed by atoms with Crippen LogP contribution in [0.25, 0.3) is 0 Å². The molecule has 1 amide bonds. The molecule has 0 aliphatic carbocycles. The van der Waals surface area contributed by atoms with Crippen molar-refractivity contribution < 1.29 is 19.9 Å². The van der Waals surface area contributed by atoms with Gasteiger partial charge in [-0.15, -0.1) is 0 Å². The number of anilines is 1. The third-order valence-corrected chi connectivity index (χ3v) is 2.19. The Hall–Kier alpha value is -2.19. The number of aliphatic hydroxyl groups excluding tert-OH is 2. The zero-order valence-electron chi connectivity index (χ0n) is 8.61. The van der Waals surface area contributed by atoms with Crippen LogP contribution in [0.2, 0.25) is 0 Å². The predicted octanol–water partition coefficient (Wildman–Crippen LogP) is -0.943. The van der Waals surface area contributed by atoms with Gasteiger partial charge in [-0.25, -0.2) is 0 Å². The fraction of sp³-hybridized carbons (Fsp3) is 0.222. The van der Waals surface area contributed by atoms with Crippen LogP contribution < -0.4 is 11.5 Å². The van der Waals surface area contributed by atoms with Crippen molar-refractivity contribution in [3.8, 4) is 0 Å². The molecule has 1 aromatic carbocycles. The quantitative estimate of drug-likeness (QED) is 0.303. The predicted molar refractivity (Wildman–Crippen MR) is 57.7 cm³/mol. The van der Waals surface area contributed by atoms with E-state index in [2.05, 4.69) is 0 Å². The number of carbonyl (C=O) groups is 1. The van der Waals surface area contributed by atoms with Gasteiger partial charge in [0.15, 0.2) is 6.10 Å². The second-order valence-corrected chi connectivity index (χ2v) is 3.33. The van der Waals surface area contributed by atoms with Crippen LogP contribution in [0.5, 0.6) is 0 Å². The van der Waals surface area contributed by atoms with Crippen molar-refractivity contribution in [3.63, 3.8) is 0 Å². The number of rotatable bonds is 4. The first kappa shape index (κ1) is 12.9. The van der Waals surface area contributed by atoms with E-state index in [0.717, 1.165) is 0 Å². The molecule has 0 saturated heterocycles. The number of nitrogen functional groups attached to an aromatic ring is 1. The second kappa shape index (κ2) is 4.76. The van der Waals surface area contributed by atoms with Gasteiger partial charge in [0.2, 0.25) is 5.91 Å². The molecule has 1 aromatic rings. The van der Waals surface area contributed by atoms with Crippen LogP contribution in [0.1, 0.15) is 11.7 Å². The van der Waals surface area contributed by atoms with E-state index >= 15 is 0 Å². The lowest BCUT2D eigenvalue weighted by atomic mass is 10.0. The van der Waals surface area contributed by atoms with Gasteiger partial charge in [0.25, 0.3) is 5.69 Å². The minimum Gasteiger partial charge on any atom is -0.393 e. The Labute approximate surface area is 95.6 Å². The normalized spacial score (nSPS) is 14.0. The Balaban J connectivity index is 3.26. The van der Waals surface area contributed by atoms with Crippen LogP contribution >= 0.6 is 0 Å². The largest absolute Gasteiger partial charge is 0.393 e. The fourth-order valence-electron chi connectivity index (χ4n) is 1.36. The number of nitro benzene ring substituents is 1. The van der Waals surface area contributed by atoms with E-state index in [1.807, 2.05) is 0 Å². The summed E-state index contributed by atoms with van der Waals surface area (Å²) in [6, 6.07) is 3.81. The Morgan fingerprint density at radius 3 is 2.47 bits per heavy atom. The van der Waals surface area contributed by atoms with Gasteiger partial charge >= 0.3 is 0 Å². The summed E-state index contributed by atoms with van der Waals surface area (Å²) in [4.78, 5) is 20.6. The standard InChI is InChI=1S/C9H11N3O5/c10-5-3-1-2-4(6(5)12(16)17)7(13)8(14)9(11)15/h1-3,7-8,13-14H,10H2,(H2,11,15). The molecule has 0 heterocycles. The Morgan fingerprint density at radius 1 is 1.41 bits per heavy atom. The third kappa shape index (κ3) is 2.49. The maximum Gasteiger partial charge on any atom is 0.297 e. The molecule has 6 N–H and O–H groups in total. The number of nitrogens with two attached hydrogens (primary N) is 2. The molecule has 0 aliphatic heterocycles. The van der Waals surface area contributed by atoms with Gasteiger partial charge in [0.1, 0.15) is 11.8 Å². The molecule has 8 heteroatoms. The zero-order valence-corrected chi connectivity index (χ0v) is 8.61. The minimum absolute atomic E-state index is 0.178. The number of nitrogens with zero attached hydrogens (tertiary/aromatic N) is 1. The highest BCUT2D eigenvalue weighted by atomic mass is 16.6. The third-order valence-electron chi connectivity index (χ3n) is 2.19. The van der Waals surface area contributed by atoms with E-state index < -0.39 is 28.7 Å². The SMILES string of the molecule is NC(=O)C(O)C(O)c1cccc(N)c1[N+](=O)[O-]. The molecule has 0 fully saturated rings. The molecule has 8 nitrogen and oxygen atoms in total. The molecule has 17 heavy (non-hydrogen) atoms. The molecule has 92 valence electrons. The Morgan fingerprint density at radius 2 is 2.00 bits per heavy atom. The van der Waals surface area contributed by atoms with Crippen LogP contribution in [0.15, 0.2) is 18.2 Å². The Kier molecular flexibility index (Phi) is 3.61. The summed E-state index contributed by atoms with van der Waals surface area (Å²) in [5.41, 5.74) is 9.18. The van der Waals surface area contributed by atoms with Gasteiger partial charge < -0.3 is 21.7 Å². The van der Waals surface area contributed by atoms with Gasteiger partial charge in [-0.1, -0.05) is 6.07 Å². The summed E-state index contributed by atoms with van der Waals surface area (Å²) < 4.78 is 0. The van der Waals surface area contributed by atoms with Gasteiger partial charge in [0, 0.05) is 0 Å². The van der Waals surface area contributed by atoms with Gasteiger partial charge in [-0.05, 0) is 12.1 Å². The number of aliphatic hydroxyl groups is 2. The number of hydrogen-bond donors (Lipinski definition) is 4. The molecule has 0 radical (unpaired) electrons. The minimum atomic E-state index is -1.93. The topological polar surface area (TPSA) is 153 Å². The molecule has 0 aliphatic rings. The lowest BCUT2D eigenvalue weighted by Crippen LogP contribution is -2.34. The molecule has 0 bridgehead atoms. The number of amides is 1. The van der Waals surface area contributed by atoms with E-state index in [1.165, 1.54) is 18.2 Å². The van der Waals surface area contributed by atoms with E-state index in [9.17, 15) is 25.1 Å². The number of benzene rings is 1. The number of para-hydroxylation sites is 1. The van der Waals surface area contributed by atoms with Gasteiger partial charge in [-0.2, -0.15) is 0 Å². The van der Waals surface area contributed by atoms with E-state index in [-0.39, 0.29) is 11.3 Å². The zero-order chi connectivity index (χ0) is 13.2. The van der Waals surface area contributed by atoms with Crippen molar-refractivity contribution in [1.82, 2.24) is 0 Å². The summed E-state index contributed by atoms with van der Waals surface area (Å²) in [6.45, 7) is 0. The maximum absolute atomic E-state index is 10.8. The molecular formula is C9H11N3O5. The molecule has 0 spiro atoms. The average Bonchev–Trinajstić information content (AvgIpc) is 2.25. The first-order valence-corrected chi connectivity index (χ1v) is 4.54. The second-order valence-electron chi connectivity index (χ2n) is 3.33. The number of carbonyl (C=O) groups excluding carboxylic acids is 1. The van der Waals surface area contributed by atoms with E-state index in [0.29, 0.717) is 0 Å². The van der Waals surface area contributed by atoms with Crippen LogP contribution in [0.4, 0.5) is 11.4 Å². The van der Waals surface area contributed by atoms with Crippen LogP contribution in [0.3, 0.4) is 0 Å². The highest BCUT2D eigenvalue weighted by molar-refractivity contribution is 5.80. The molecule has 2 atom stereocenters. The molecule has 0 aromatic heterocycles. The van der Waals surface area contributed by atoms with Gasteiger partial charge in [-0.3, -0.25) is 14.9 Å². The Bertz CT molecular complexity index is 462. The molecule has 2 unspecified atom stereocenters. The fourth-order valence-corrected chi connectivity index (χ4v) is 1.36. The van der Waals surface area contributed by atoms with Crippen molar-refractivity contribution in [1.29, 1.82) is 0 Å². The smallest absolute Gasteiger partial charge is 0.297 e. The summed E-state index contributed by atoms with van der Waals surface area (Å²) in [6.07, 6.45) is -3.73. The van der Waals surface area contributed by atoms with E-state index in [4.69, 9.17) is 11.5 Å². The van der Waals surface area contributed by atoms with E-state index in [1.54, 1.807) is 0 Å². The lowest BCUT2D eigenvalue weighted by molar-refractivity contribution is -0.385. The summed E-state index contributed by atoms with van der Waals surface area (Å²) in [7, 11) is 0. The first-order chi connectivity index (χ1) is 7.86. The van der Waals surface area contributed by atoms with Crippen LogP contribution in [-0.4, -0.2) is 27.1 Å². The molecule has 1 rings (SSSR count). The van der Waals surface area contributed by atoms with Crippen molar-refractivity contribution in [2.45, 2.75) is 12.2 Å². The lowest BCUT2D eigenvalue weighted by Gasteiger charge is -2.15. The first-order valence-electron chi connectivity index (χ1n) is 4.54.